The van der Waals surface area contributed by atoms with E-state index in [0.717, 1.165) is 5.56 Å². The summed E-state index contributed by atoms with van der Waals surface area (Å²) in [6.45, 7) is 1.41. The van der Waals surface area contributed by atoms with E-state index in [-0.39, 0.29) is 17.7 Å². The van der Waals surface area contributed by atoms with E-state index in [1.54, 1.807) is 56.5 Å². The zero-order chi connectivity index (χ0) is 28.9. The van der Waals surface area contributed by atoms with Crippen LogP contribution in [-0.4, -0.2) is 41.9 Å². The van der Waals surface area contributed by atoms with Crippen molar-refractivity contribution >= 4 is 35.0 Å². The molecule has 1 aromatic heterocycles. The minimum atomic E-state index is -1.09. The first-order chi connectivity index (χ1) is 19.9. The topological polar surface area (TPSA) is 116 Å². The molecule has 208 valence electrons. The van der Waals surface area contributed by atoms with Crippen LogP contribution >= 0.6 is 11.3 Å². The largest absolute Gasteiger partial charge is 0.497 e. The Labute approximate surface area is 238 Å². The van der Waals surface area contributed by atoms with Crippen molar-refractivity contribution in [3.63, 3.8) is 0 Å². The number of aliphatic carboxylic acids is 1. The molecule has 4 aromatic rings. The summed E-state index contributed by atoms with van der Waals surface area (Å²) < 4.78 is 18.0. The number of esters is 1. The maximum atomic E-state index is 14.0. The molecule has 3 aromatic carbocycles. The van der Waals surface area contributed by atoms with Gasteiger partial charge >= 0.3 is 11.9 Å². The Morgan fingerprint density at radius 3 is 2.46 bits per heavy atom. The molecule has 0 radical (unpaired) electrons. The minimum Gasteiger partial charge on any atom is -0.497 e. The number of methoxy groups -OCH3 is 1. The van der Waals surface area contributed by atoms with Gasteiger partial charge in [-0.05, 0) is 48.4 Å². The standard InChI is InChI=1S/C31H26N2O7S/c1-3-39-30(37)26-27(20-9-5-4-6-10-20)32-31-33(28(26)21-12-14-22(38-2)15-13-21)29(36)24(41-31)17-19-8-7-11-23(16-19)40-18-25(34)35/h4-17,28H,3,18H2,1-2H3,(H,34,35)/b24-17+/t28-/m0/s1. The van der Waals surface area contributed by atoms with Crippen LogP contribution in [0.3, 0.4) is 0 Å². The first kappa shape index (κ1) is 27.6. The van der Waals surface area contributed by atoms with Gasteiger partial charge in [0, 0.05) is 5.56 Å². The van der Waals surface area contributed by atoms with Crippen LogP contribution in [-0.2, 0) is 14.3 Å². The fourth-order valence-electron chi connectivity index (χ4n) is 4.53. The molecule has 10 heteroatoms. The Bertz CT molecular complexity index is 1810. The average Bonchev–Trinajstić information content (AvgIpc) is 3.30. The van der Waals surface area contributed by atoms with Gasteiger partial charge in [-0.25, -0.2) is 14.6 Å². The van der Waals surface area contributed by atoms with Crippen molar-refractivity contribution in [2.24, 2.45) is 4.99 Å². The van der Waals surface area contributed by atoms with Gasteiger partial charge in [0.15, 0.2) is 11.4 Å². The van der Waals surface area contributed by atoms with E-state index < -0.39 is 24.6 Å². The maximum Gasteiger partial charge on any atom is 0.341 e. The van der Waals surface area contributed by atoms with E-state index in [1.807, 2.05) is 42.5 Å². The molecule has 41 heavy (non-hydrogen) atoms. The van der Waals surface area contributed by atoms with Crippen molar-refractivity contribution in [3.8, 4) is 11.5 Å². The monoisotopic (exact) mass is 570 g/mol. The SMILES string of the molecule is CCOC(=O)C1=C(c2ccccc2)N=c2s/c(=C/c3cccc(OCC(=O)O)c3)c(=O)n2[C@H]1c1ccc(OC)cc1. The average molecular weight is 571 g/mol. The first-order valence-electron chi connectivity index (χ1n) is 12.8. The summed E-state index contributed by atoms with van der Waals surface area (Å²) in [6.07, 6.45) is 1.69. The van der Waals surface area contributed by atoms with Crippen molar-refractivity contribution in [2.45, 2.75) is 13.0 Å². The van der Waals surface area contributed by atoms with Gasteiger partial charge in [-0.3, -0.25) is 9.36 Å². The van der Waals surface area contributed by atoms with Crippen LogP contribution in [0.15, 0.2) is 94.2 Å². The number of thiazole rings is 1. The van der Waals surface area contributed by atoms with Gasteiger partial charge in [0.05, 0.1) is 35.6 Å². The van der Waals surface area contributed by atoms with Crippen molar-refractivity contribution in [1.29, 1.82) is 0 Å². The molecule has 1 aliphatic heterocycles. The lowest BCUT2D eigenvalue weighted by molar-refractivity contribution is -0.140. The number of carbonyl (C=O) groups excluding carboxylic acids is 1. The van der Waals surface area contributed by atoms with Crippen molar-refractivity contribution in [3.05, 3.63) is 121 Å². The summed E-state index contributed by atoms with van der Waals surface area (Å²) in [5.41, 5.74) is 2.41. The summed E-state index contributed by atoms with van der Waals surface area (Å²) in [4.78, 5) is 43.6. The number of ether oxygens (including phenoxy) is 3. The van der Waals surface area contributed by atoms with E-state index in [9.17, 15) is 14.4 Å². The van der Waals surface area contributed by atoms with E-state index in [1.165, 1.54) is 15.9 Å². The molecule has 0 unspecified atom stereocenters. The number of rotatable bonds is 9. The van der Waals surface area contributed by atoms with Gasteiger partial charge in [0.25, 0.3) is 5.56 Å². The number of hydrogen-bond donors (Lipinski definition) is 1. The predicted molar refractivity (Wildman–Crippen MR) is 154 cm³/mol. The first-order valence-corrected chi connectivity index (χ1v) is 13.6. The second-order valence-corrected chi connectivity index (χ2v) is 9.97. The van der Waals surface area contributed by atoms with E-state index in [2.05, 4.69) is 0 Å². The number of carboxylic acids is 1. The van der Waals surface area contributed by atoms with Gasteiger partial charge in [0.2, 0.25) is 0 Å². The van der Waals surface area contributed by atoms with Crippen LogP contribution in [0.5, 0.6) is 11.5 Å². The molecule has 1 aliphatic rings. The van der Waals surface area contributed by atoms with E-state index >= 15 is 0 Å². The highest BCUT2D eigenvalue weighted by Crippen LogP contribution is 2.35. The molecule has 0 bridgehead atoms. The molecule has 9 nitrogen and oxygen atoms in total. The Morgan fingerprint density at radius 1 is 1.02 bits per heavy atom. The van der Waals surface area contributed by atoms with Crippen LogP contribution in [0.1, 0.15) is 29.7 Å². The van der Waals surface area contributed by atoms with Crippen LogP contribution in [0.25, 0.3) is 11.8 Å². The van der Waals surface area contributed by atoms with E-state index in [4.69, 9.17) is 24.3 Å². The lowest BCUT2D eigenvalue weighted by atomic mass is 9.93. The molecule has 1 atom stereocenters. The second-order valence-electron chi connectivity index (χ2n) is 8.96. The van der Waals surface area contributed by atoms with Crippen LogP contribution in [0.2, 0.25) is 0 Å². The third-order valence-corrected chi connectivity index (χ3v) is 7.31. The molecule has 0 saturated heterocycles. The molecule has 5 rings (SSSR count). The lowest BCUT2D eigenvalue weighted by Gasteiger charge is -2.26. The van der Waals surface area contributed by atoms with Crippen molar-refractivity contribution in [1.82, 2.24) is 4.57 Å². The van der Waals surface area contributed by atoms with E-state index in [0.29, 0.717) is 37.7 Å². The van der Waals surface area contributed by atoms with Crippen LogP contribution in [0.4, 0.5) is 0 Å². The number of aromatic nitrogens is 1. The van der Waals surface area contributed by atoms with Gasteiger partial charge < -0.3 is 19.3 Å². The molecule has 0 amide bonds. The Kier molecular flexibility index (Phi) is 8.11. The zero-order valence-corrected chi connectivity index (χ0v) is 23.1. The third-order valence-electron chi connectivity index (χ3n) is 6.32. The van der Waals surface area contributed by atoms with Gasteiger partial charge in [0.1, 0.15) is 11.5 Å². The molecule has 1 N–H and O–H groups in total. The highest BCUT2D eigenvalue weighted by atomic mass is 32.1. The third kappa shape index (κ3) is 5.82. The highest BCUT2D eigenvalue weighted by molar-refractivity contribution is 7.07. The van der Waals surface area contributed by atoms with Crippen LogP contribution in [0, 0.1) is 0 Å². The minimum absolute atomic E-state index is 0.157. The van der Waals surface area contributed by atoms with Crippen molar-refractivity contribution in [2.75, 3.05) is 20.3 Å². The zero-order valence-electron chi connectivity index (χ0n) is 22.3. The van der Waals surface area contributed by atoms with Gasteiger partial charge in [-0.1, -0.05) is 65.9 Å². The summed E-state index contributed by atoms with van der Waals surface area (Å²) >= 11 is 1.19. The normalized spacial score (nSPS) is 14.7. The number of carboxylic acid groups (broad SMARTS) is 1. The maximum absolute atomic E-state index is 14.0. The molecule has 2 heterocycles. The smallest absolute Gasteiger partial charge is 0.341 e. The fraction of sp³-hybridized carbons (Fsp3) is 0.161. The predicted octanol–water partition coefficient (Wildman–Crippen LogP) is 3.41. The Balaban J connectivity index is 1.74. The number of hydrogen-bond acceptors (Lipinski definition) is 8. The van der Waals surface area contributed by atoms with Crippen molar-refractivity contribution < 1.29 is 28.9 Å². The second kappa shape index (κ2) is 12.1. The molecular weight excluding hydrogens is 544 g/mol. The molecule has 0 spiro atoms. The van der Waals surface area contributed by atoms with Gasteiger partial charge in [-0.15, -0.1) is 0 Å². The molecular formula is C31H26N2O7S. The quantitative estimate of drug-likeness (QED) is 0.307. The number of benzene rings is 3. The summed E-state index contributed by atoms with van der Waals surface area (Å²) in [5.74, 6) is -0.653. The van der Waals surface area contributed by atoms with Crippen LogP contribution < -0.4 is 24.4 Å². The Hall–Kier alpha value is -4.96. The lowest BCUT2D eigenvalue weighted by Crippen LogP contribution is -2.40. The summed E-state index contributed by atoms with van der Waals surface area (Å²) in [7, 11) is 1.57. The summed E-state index contributed by atoms with van der Waals surface area (Å²) in [5, 5.41) is 8.93. The molecule has 0 aliphatic carbocycles. The highest BCUT2D eigenvalue weighted by Gasteiger charge is 2.35. The summed E-state index contributed by atoms with van der Waals surface area (Å²) in [6, 6.07) is 22.5. The Morgan fingerprint density at radius 2 is 1.78 bits per heavy atom. The number of nitrogens with zero attached hydrogens (tertiary/aromatic N) is 2. The molecule has 0 fully saturated rings. The molecule has 0 saturated carbocycles. The number of carbonyl (C=O) groups is 2. The van der Waals surface area contributed by atoms with Gasteiger partial charge in [-0.2, -0.15) is 0 Å². The fourth-order valence-corrected chi connectivity index (χ4v) is 5.53. The number of fused-ring (bicyclic) bond motifs is 1.